The number of carbonyl (C=O) groups excluding carboxylic acids is 1. The van der Waals surface area contributed by atoms with Gasteiger partial charge in [-0.1, -0.05) is 11.6 Å². The number of nitrogens with two attached hydrogens (primary N) is 1. The molecule has 0 radical (unpaired) electrons. The Kier molecular flexibility index (Phi) is 4.45. The molecule has 6 heteroatoms. The fourth-order valence-corrected chi connectivity index (χ4v) is 1.67. The van der Waals surface area contributed by atoms with Crippen molar-refractivity contribution in [2.75, 3.05) is 14.1 Å². The molecule has 4 nitrogen and oxygen atoms in total. The molecule has 1 amide bonds. The van der Waals surface area contributed by atoms with Crippen LogP contribution in [0.15, 0.2) is 12.1 Å². The van der Waals surface area contributed by atoms with E-state index in [1.807, 2.05) is 0 Å². The summed E-state index contributed by atoms with van der Waals surface area (Å²) in [6.07, 6.45) is 0. The predicted octanol–water partition coefficient (Wildman–Crippen LogP) is 1.38. The predicted molar refractivity (Wildman–Crippen MR) is 64.9 cm³/mol. The van der Waals surface area contributed by atoms with Crippen LogP contribution in [-0.4, -0.2) is 25.0 Å². The molecule has 0 aliphatic rings. The molecule has 17 heavy (non-hydrogen) atoms. The number of nitrogens with zero attached hydrogens (tertiary/aromatic N) is 1. The van der Waals surface area contributed by atoms with Crippen LogP contribution in [0.4, 0.5) is 4.39 Å². The van der Waals surface area contributed by atoms with E-state index in [0.717, 1.165) is 0 Å². The number of aryl methyl sites for hydroxylation is 1. The van der Waals surface area contributed by atoms with Crippen molar-refractivity contribution in [2.24, 2.45) is 5.73 Å². The highest BCUT2D eigenvalue weighted by Crippen LogP contribution is 2.25. The maximum absolute atomic E-state index is 13.4. The average molecular weight is 260 g/mol. The molecule has 1 aromatic rings. The largest absolute Gasteiger partial charge is 0.316 e. The van der Waals surface area contributed by atoms with Gasteiger partial charge < -0.3 is 5.73 Å². The summed E-state index contributed by atoms with van der Waals surface area (Å²) < 4.78 is 13.4. The molecular formula is C11H15ClFN3O. The van der Waals surface area contributed by atoms with Gasteiger partial charge in [-0.3, -0.25) is 10.2 Å². The Morgan fingerprint density at radius 2 is 2.12 bits per heavy atom. The molecule has 0 heterocycles. The van der Waals surface area contributed by atoms with E-state index in [1.54, 1.807) is 21.0 Å². The number of nitrogens with one attached hydrogen (secondary N) is 1. The van der Waals surface area contributed by atoms with E-state index in [0.29, 0.717) is 5.56 Å². The monoisotopic (exact) mass is 259 g/mol. The van der Waals surface area contributed by atoms with Crippen molar-refractivity contribution in [3.8, 4) is 0 Å². The third-order valence-corrected chi connectivity index (χ3v) is 2.56. The summed E-state index contributed by atoms with van der Waals surface area (Å²) in [5.41, 5.74) is 8.90. The van der Waals surface area contributed by atoms with Crippen LogP contribution in [0.2, 0.25) is 5.02 Å². The van der Waals surface area contributed by atoms with Gasteiger partial charge in [-0.05, 0) is 30.2 Å². The molecule has 0 fully saturated rings. The zero-order valence-electron chi connectivity index (χ0n) is 9.92. The van der Waals surface area contributed by atoms with E-state index >= 15 is 0 Å². The molecule has 1 unspecified atom stereocenters. The van der Waals surface area contributed by atoms with Gasteiger partial charge in [0.25, 0.3) is 5.91 Å². The van der Waals surface area contributed by atoms with Crippen molar-refractivity contribution in [2.45, 2.75) is 13.0 Å². The second kappa shape index (κ2) is 5.44. The zero-order chi connectivity index (χ0) is 13.2. The summed E-state index contributed by atoms with van der Waals surface area (Å²) >= 11 is 5.94. The summed E-state index contributed by atoms with van der Waals surface area (Å²) in [4.78, 5) is 11.6. The summed E-state index contributed by atoms with van der Waals surface area (Å²) in [5, 5.41) is 1.74. The first kappa shape index (κ1) is 13.9. The molecule has 0 saturated heterocycles. The molecule has 0 aliphatic carbocycles. The second-order valence-corrected chi connectivity index (χ2v) is 4.38. The number of hydrogen-bond donors (Lipinski definition) is 2. The minimum absolute atomic E-state index is 0.272. The Hall–Kier alpha value is -1.17. The van der Waals surface area contributed by atoms with Crippen LogP contribution < -0.4 is 11.2 Å². The van der Waals surface area contributed by atoms with Crippen molar-refractivity contribution < 1.29 is 9.18 Å². The molecule has 0 aliphatic heterocycles. The number of rotatable bonds is 3. The number of halogens is 2. The van der Waals surface area contributed by atoms with E-state index in [4.69, 9.17) is 17.3 Å². The normalized spacial score (nSPS) is 12.6. The van der Waals surface area contributed by atoms with Crippen LogP contribution in [0.1, 0.15) is 17.2 Å². The third-order valence-electron chi connectivity index (χ3n) is 2.23. The van der Waals surface area contributed by atoms with Gasteiger partial charge in [0.05, 0.1) is 0 Å². The van der Waals surface area contributed by atoms with Gasteiger partial charge in [0.15, 0.2) is 0 Å². The van der Waals surface area contributed by atoms with Crippen LogP contribution in [0.5, 0.6) is 0 Å². The first-order valence-corrected chi connectivity index (χ1v) is 5.39. The molecule has 1 rings (SSSR count). The number of carbonyl (C=O) groups is 1. The van der Waals surface area contributed by atoms with Gasteiger partial charge >= 0.3 is 0 Å². The third kappa shape index (κ3) is 3.39. The van der Waals surface area contributed by atoms with Crippen molar-refractivity contribution >= 4 is 17.5 Å². The first-order valence-electron chi connectivity index (χ1n) is 5.02. The van der Waals surface area contributed by atoms with Gasteiger partial charge in [-0.25, -0.2) is 9.40 Å². The van der Waals surface area contributed by atoms with Crippen LogP contribution in [-0.2, 0) is 4.79 Å². The van der Waals surface area contributed by atoms with E-state index in [-0.39, 0.29) is 10.6 Å². The maximum atomic E-state index is 13.4. The standard InChI is InChI=1S/C11H15ClFN3O/c1-6-4-8(12)7(5-9(6)13)10(14)11(17)15-16(2)3/h4-5,10H,14H2,1-3H3,(H,15,17). The fourth-order valence-electron chi connectivity index (χ4n) is 1.33. The number of benzene rings is 1. The summed E-state index contributed by atoms with van der Waals surface area (Å²) in [7, 11) is 3.31. The molecule has 1 atom stereocenters. The van der Waals surface area contributed by atoms with Gasteiger partial charge in [-0.2, -0.15) is 0 Å². The van der Waals surface area contributed by atoms with Gasteiger partial charge in [0.1, 0.15) is 11.9 Å². The van der Waals surface area contributed by atoms with E-state index in [1.165, 1.54) is 17.1 Å². The van der Waals surface area contributed by atoms with E-state index in [2.05, 4.69) is 5.43 Å². The summed E-state index contributed by atoms with van der Waals surface area (Å²) in [5.74, 6) is -0.877. The van der Waals surface area contributed by atoms with Crippen LogP contribution in [0.25, 0.3) is 0 Å². The van der Waals surface area contributed by atoms with Gasteiger partial charge in [0, 0.05) is 19.1 Å². The van der Waals surface area contributed by atoms with E-state index in [9.17, 15) is 9.18 Å². The lowest BCUT2D eigenvalue weighted by molar-refractivity contribution is -0.126. The molecule has 0 saturated carbocycles. The average Bonchev–Trinajstić information content (AvgIpc) is 2.21. The summed E-state index contributed by atoms with van der Waals surface area (Å²) in [6, 6.07) is 1.65. The lowest BCUT2D eigenvalue weighted by Gasteiger charge is -2.18. The molecule has 0 bridgehead atoms. The van der Waals surface area contributed by atoms with Gasteiger partial charge in [-0.15, -0.1) is 0 Å². The Bertz CT molecular complexity index is 437. The van der Waals surface area contributed by atoms with Crippen molar-refractivity contribution in [1.29, 1.82) is 0 Å². The lowest BCUT2D eigenvalue weighted by Crippen LogP contribution is -2.42. The molecule has 0 aromatic heterocycles. The Morgan fingerprint density at radius 3 is 2.65 bits per heavy atom. The smallest absolute Gasteiger partial charge is 0.255 e. The highest BCUT2D eigenvalue weighted by molar-refractivity contribution is 6.31. The zero-order valence-corrected chi connectivity index (χ0v) is 10.7. The minimum Gasteiger partial charge on any atom is -0.316 e. The minimum atomic E-state index is -1.00. The SMILES string of the molecule is Cc1cc(Cl)c(C(N)C(=O)NN(C)C)cc1F. The van der Waals surface area contributed by atoms with Crippen molar-refractivity contribution in [3.63, 3.8) is 0 Å². The lowest BCUT2D eigenvalue weighted by atomic mass is 10.0. The second-order valence-electron chi connectivity index (χ2n) is 3.97. The molecular weight excluding hydrogens is 245 g/mol. The number of hydrogen-bond acceptors (Lipinski definition) is 3. The highest BCUT2D eigenvalue weighted by Gasteiger charge is 2.20. The number of hydrazine groups is 1. The Morgan fingerprint density at radius 1 is 1.53 bits per heavy atom. The number of amides is 1. The molecule has 3 N–H and O–H groups in total. The van der Waals surface area contributed by atoms with Crippen LogP contribution in [0, 0.1) is 12.7 Å². The maximum Gasteiger partial charge on any atom is 0.255 e. The molecule has 1 aromatic carbocycles. The Balaban J connectivity index is 3.00. The van der Waals surface area contributed by atoms with Crippen molar-refractivity contribution in [1.82, 2.24) is 10.4 Å². The molecule has 94 valence electrons. The quantitative estimate of drug-likeness (QED) is 0.807. The van der Waals surface area contributed by atoms with Crippen LogP contribution in [0.3, 0.4) is 0 Å². The van der Waals surface area contributed by atoms with Crippen molar-refractivity contribution in [3.05, 3.63) is 34.1 Å². The first-order chi connectivity index (χ1) is 7.82. The Labute approximate surface area is 105 Å². The van der Waals surface area contributed by atoms with Crippen LogP contribution >= 0.6 is 11.6 Å². The molecule has 0 spiro atoms. The van der Waals surface area contributed by atoms with Gasteiger partial charge in [0.2, 0.25) is 0 Å². The fraction of sp³-hybridized carbons (Fsp3) is 0.364. The highest BCUT2D eigenvalue weighted by atomic mass is 35.5. The summed E-state index contributed by atoms with van der Waals surface area (Å²) in [6.45, 7) is 1.59. The van der Waals surface area contributed by atoms with E-state index < -0.39 is 17.8 Å². The topological polar surface area (TPSA) is 58.4 Å².